The molecule has 1 fully saturated rings. The second kappa shape index (κ2) is 6.66. The Kier molecular flexibility index (Phi) is 5.13. The Balaban J connectivity index is 1.68. The van der Waals surface area contributed by atoms with E-state index in [1.807, 2.05) is 20.8 Å². The van der Waals surface area contributed by atoms with Gasteiger partial charge in [0.25, 0.3) is 0 Å². The number of hydrogen-bond donors (Lipinski definition) is 0. The summed E-state index contributed by atoms with van der Waals surface area (Å²) >= 11 is 1.71. The summed E-state index contributed by atoms with van der Waals surface area (Å²) in [6, 6.07) is 0. The fraction of sp³-hybridized carbons (Fsp3) is 0.733. The van der Waals surface area contributed by atoms with Gasteiger partial charge >= 0.3 is 5.97 Å². The topological polar surface area (TPSA) is 52.3 Å². The molecule has 0 N–H and O–H groups in total. The van der Waals surface area contributed by atoms with Crippen LogP contribution in [0.1, 0.15) is 63.8 Å². The summed E-state index contributed by atoms with van der Waals surface area (Å²) in [5.41, 5.74) is 0.648. The summed E-state index contributed by atoms with van der Waals surface area (Å²) in [7, 11) is 0. The molecule has 0 aromatic carbocycles. The summed E-state index contributed by atoms with van der Waals surface area (Å²) in [4.78, 5) is 15.9. The van der Waals surface area contributed by atoms with Gasteiger partial charge in [-0.25, -0.2) is 4.98 Å². The molecule has 0 saturated heterocycles. The zero-order chi connectivity index (χ0) is 14.6. The van der Waals surface area contributed by atoms with Crippen LogP contribution in [0.5, 0.6) is 0 Å². The van der Waals surface area contributed by atoms with E-state index in [9.17, 15) is 4.79 Å². The molecule has 1 aromatic heterocycles. The van der Waals surface area contributed by atoms with E-state index in [1.54, 1.807) is 11.8 Å². The fourth-order valence-corrected chi connectivity index (χ4v) is 2.97. The molecule has 0 radical (unpaired) electrons. The maximum absolute atomic E-state index is 11.6. The van der Waals surface area contributed by atoms with Crippen LogP contribution in [0.25, 0.3) is 0 Å². The van der Waals surface area contributed by atoms with Gasteiger partial charge in [0.05, 0.1) is 12.1 Å². The number of nitrogens with zero attached hydrogens (tertiary/aromatic N) is 1. The molecule has 0 unspecified atom stereocenters. The van der Waals surface area contributed by atoms with Gasteiger partial charge in [0.1, 0.15) is 11.4 Å². The first-order chi connectivity index (χ1) is 9.46. The molecule has 1 heterocycles. The summed E-state index contributed by atoms with van der Waals surface area (Å²) in [5, 5.41) is 0. The van der Waals surface area contributed by atoms with Crippen molar-refractivity contribution in [2.45, 2.75) is 63.7 Å². The molecule has 4 nitrogen and oxygen atoms in total. The first kappa shape index (κ1) is 15.4. The van der Waals surface area contributed by atoms with E-state index in [1.165, 1.54) is 25.7 Å². The summed E-state index contributed by atoms with van der Waals surface area (Å²) in [6.45, 7) is 5.66. The number of carbonyl (C=O) groups is 1. The van der Waals surface area contributed by atoms with Crippen LogP contribution in [0.2, 0.25) is 0 Å². The minimum absolute atomic E-state index is 0.135. The lowest BCUT2D eigenvalue weighted by molar-refractivity contribution is -0.154. The van der Waals surface area contributed by atoms with Crippen molar-refractivity contribution in [1.82, 2.24) is 4.98 Å². The van der Waals surface area contributed by atoms with Crippen molar-refractivity contribution >= 4 is 17.7 Å². The first-order valence-corrected chi connectivity index (χ1v) is 8.33. The van der Waals surface area contributed by atoms with Crippen molar-refractivity contribution in [2.24, 2.45) is 0 Å². The Hall–Kier alpha value is -0.970. The maximum Gasteiger partial charge on any atom is 0.307 e. The van der Waals surface area contributed by atoms with Gasteiger partial charge in [0.2, 0.25) is 0 Å². The number of carbonyl (C=O) groups excluding carboxylic acids is 1. The van der Waals surface area contributed by atoms with Gasteiger partial charge in [-0.1, -0.05) is 6.42 Å². The molecular formula is C15H23NO3S. The van der Waals surface area contributed by atoms with Crippen LogP contribution >= 0.6 is 11.8 Å². The summed E-state index contributed by atoms with van der Waals surface area (Å²) < 4.78 is 10.8. The predicted molar refractivity (Wildman–Crippen MR) is 79.7 cm³/mol. The van der Waals surface area contributed by atoms with Gasteiger partial charge in [0.15, 0.2) is 6.39 Å². The second-order valence-electron chi connectivity index (χ2n) is 6.18. The maximum atomic E-state index is 11.6. The van der Waals surface area contributed by atoms with E-state index < -0.39 is 5.60 Å². The van der Waals surface area contributed by atoms with E-state index in [0.29, 0.717) is 12.3 Å². The van der Waals surface area contributed by atoms with E-state index in [-0.39, 0.29) is 5.97 Å². The Morgan fingerprint density at radius 1 is 1.50 bits per heavy atom. The SMILES string of the molecule is CC(C)(C)OC(=O)CCSCc1ncoc1C1CCC1. The smallest absolute Gasteiger partial charge is 0.307 e. The highest BCUT2D eigenvalue weighted by Crippen LogP contribution is 2.38. The number of aromatic nitrogens is 1. The van der Waals surface area contributed by atoms with Crippen LogP contribution in [0.3, 0.4) is 0 Å². The molecule has 1 saturated carbocycles. The number of hydrogen-bond acceptors (Lipinski definition) is 5. The van der Waals surface area contributed by atoms with Crippen LogP contribution in [0.15, 0.2) is 10.8 Å². The number of thioether (sulfide) groups is 1. The van der Waals surface area contributed by atoms with Gasteiger partial charge in [-0.15, -0.1) is 0 Å². The average molecular weight is 297 g/mol. The highest BCUT2D eigenvalue weighted by molar-refractivity contribution is 7.98. The molecule has 20 heavy (non-hydrogen) atoms. The Labute approximate surface area is 124 Å². The minimum Gasteiger partial charge on any atom is -0.460 e. The van der Waals surface area contributed by atoms with Crippen molar-refractivity contribution in [3.63, 3.8) is 0 Å². The molecule has 0 bridgehead atoms. The summed E-state index contributed by atoms with van der Waals surface area (Å²) in [5.74, 6) is 3.06. The summed E-state index contributed by atoms with van der Waals surface area (Å²) in [6.07, 6.45) is 5.70. The zero-order valence-corrected chi connectivity index (χ0v) is 13.3. The lowest BCUT2D eigenvalue weighted by Crippen LogP contribution is -2.24. The first-order valence-electron chi connectivity index (χ1n) is 7.17. The zero-order valence-electron chi connectivity index (χ0n) is 12.5. The van der Waals surface area contributed by atoms with Crippen molar-refractivity contribution < 1.29 is 13.9 Å². The normalized spacial score (nSPS) is 15.9. The van der Waals surface area contributed by atoms with E-state index >= 15 is 0 Å². The molecule has 1 aliphatic carbocycles. The Morgan fingerprint density at radius 2 is 2.25 bits per heavy atom. The standard InChI is InChI=1S/C15H23NO3S/c1-15(2,3)19-13(17)7-8-20-9-12-14(18-10-16-12)11-5-4-6-11/h10-11H,4-9H2,1-3H3. The average Bonchev–Trinajstić information content (AvgIpc) is 2.68. The molecule has 0 spiro atoms. The monoisotopic (exact) mass is 297 g/mol. The van der Waals surface area contributed by atoms with Crippen molar-refractivity contribution in [3.8, 4) is 0 Å². The van der Waals surface area contributed by atoms with Gasteiger partial charge in [0, 0.05) is 17.4 Å². The third-order valence-electron chi connectivity index (χ3n) is 3.26. The molecule has 5 heteroatoms. The van der Waals surface area contributed by atoms with E-state index in [4.69, 9.17) is 9.15 Å². The van der Waals surface area contributed by atoms with Crippen LogP contribution < -0.4 is 0 Å². The van der Waals surface area contributed by atoms with Crippen LogP contribution in [0.4, 0.5) is 0 Å². The molecule has 1 aromatic rings. The molecule has 0 atom stereocenters. The van der Waals surface area contributed by atoms with Gasteiger partial charge in [-0.05, 0) is 33.6 Å². The van der Waals surface area contributed by atoms with Crippen LogP contribution in [0, 0.1) is 0 Å². The third kappa shape index (κ3) is 4.54. The fourth-order valence-electron chi connectivity index (χ4n) is 2.11. The van der Waals surface area contributed by atoms with Gasteiger partial charge in [-0.3, -0.25) is 4.79 Å². The van der Waals surface area contributed by atoms with Crippen molar-refractivity contribution in [2.75, 3.05) is 5.75 Å². The van der Waals surface area contributed by atoms with Crippen molar-refractivity contribution in [1.29, 1.82) is 0 Å². The largest absolute Gasteiger partial charge is 0.460 e. The highest BCUT2D eigenvalue weighted by Gasteiger charge is 2.25. The molecule has 1 aliphatic rings. The minimum atomic E-state index is -0.398. The quantitative estimate of drug-likeness (QED) is 0.588. The Bertz CT molecular complexity index is 446. The lowest BCUT2D eigenvalue weighted by Gasteiger charge is -2.23. The molecule has 2 rings (SSSR count). The third-order valence-corrected chi connectivity index (χ3v) is 4.23. The van der Waals surface area contributed by atoms with Gasteiger partial charge < -0.3 is 9.15 Å². The second-order valence-corrected chi connectivity index (χ2v) is 7.29. The van der Waals surface area contributed by atoms with Crippen LogP contribution in [-0.2, 0) is 15.3 Å². The van der Waals surface area contributed by atoms with Crippen LogP contribution in [-0.4, -0.2) is 22.3 Å². The molecular weight excluding hydrogens is 274 g/mol. The van der Waals surface area contributed by atoms with Gasteiger partial charge in [-0.2, -0.15) is 11.8 Å². The molecule has 0 amide bonds. The lowest BCUT2D eigenvalue weighted by atomic mass is 9.83. The van der Waals surface area contributed by atoms with Crippen molar-refractivity contribution in [3.05, 3.63) is 17.8 Å². The number of ether oxygens (including phenoxy) is 1. The number of esters is 1. The predicted octanol–water partition coefficient (Wildman–Crippen LogP) is 3.91. The van der Waals surface area contributed by atoms with E-state index in [0.717, 1.165) is 23.0 Å². The molecule has 112 valence electrons. The number of rotatable bonds is 6. The highest BCUT2D eigenvalue weighted by atomic mass is 32.2. The Morgan fingerprint density at radius 3 is 2.85 bits per heavy atom. The van der Waals surface area contributed by atoms with E-state index in [2.05, 4.69) is 4.98 Å². The number of oxazole rings is 1. The molecule has 0 aliphatic heterocycles.